The molecule has 0 saturated carbocycles. The lowest BCUT2D eigenvalue weighted by atomic mass is 10.2. The van der Waals surface area contributed by atoms with Gasteiger partial charge in [-0.25, -0.2) is 0 Å². The van der Waals surface area contributed by atoms with Gasteiger partial charge in [-0.2, -0.15) is 0 Å². The van der Waals surface area contributed by atoms with Gasteiger partial charge in [0.1, 0.15) is 19.0 Å². The second-order valence-corrected chi connectivity index (χ2v) is 8.14. The van der Waals surface area contributed by atoms with Gasteiger partial charge in [-0.1, -0.05) is 46.6 Å². The monoisotopic (exact) mass is 556 g/mol. The molecule has 0 radical (unpaired) electrons. The normalized spacial score (nSPS) is 10.9. The molecule has 6 nitrogen and oxygen atoms in total. The van der Waals surface area contributed by atoms with Gasteiger partial charge in [-0.3, -0.25) is 10.1 Å². The molecule has 3 aromatic carbocycles. The summed E-state index contributed by atoms with van der Waals surface area (Å²) in [4.78, 5) is 15.6. The highest BCUT2D eigenvalue weighted by molar-refractivity contribution is 14.1. The predicted octanol–water partition coefficient (Wildman–Crippen LogP) is 6.64. The number of hydrogen-bond donors (Lipinski definition) is 0. The van der Waals surface area contributed by atoms with Crippen LogP contribution in [-0.4, -0.2) is 11.1 Å². The van der Waals surface area contributed by atoms with Gasteiger partial charge in [-0.15, -0.1) is 0 Å². The zero-order chi connectivity index (χ0) is 21.5. The summed E-state index contributed by atoms with van der Waals surface area (Å²) >= 11 is 14.1. The lowest BCUT2D eigenvalue weighted by Crippen LogP contribution is -1.98. The molecule has 0 bridgehead atoms. The van der Waals surface area contributed by atoms with Crippen molar-refractivity contribution in [1.29, 1.82) is 0 Å². The summed E-state index contributed by atoms with van der Waals surface area (Å²) < 4.78 is 6.76. The third-order valence-corrected chi connectivity index (χ3v) is 5.55. The molecule has 3 aromatic rings. The van der Waals surface area contributed by atoms with Crippen molar-refractivity contribution in [1.82, 2.24) is 0 Å². The first-order valence-electron chi connectivity index (χ1n) is 8.67. The molecular formula is C21H15Cl2IN2O4. The fourth-order valence-corrected chi connectivity index (χ4v) is 3.49. The zero-order valence-corrected chi connectivity index (χ0v) is 19.1. The van der Waals surface area contributed by atoms with Gasteiger partial charge in [0.15, 0.2) is 0 Å². The van der Waals surface area contributed by atoms with Crippen LogP contribution in [0.1, 0.15) is 16.7 Å². The van der Waals surface area contributed by atoms with Crippen LogP contribution >= 0.6 is 45.8 Å². The number of non-ortho nitro benzene ring substituents is 1. The SMILES string of the molecule is O=[N+]([O-])c1cccc(CO/N=C\c2ccc(OCc3ccc(Cl)c(Cl)c3)c(I)c2)c1. The van der Waals surface area contributed by atoms with Gasteiger partial charge in [-0.05, 0) is 69.6 Å². The van der Waals surface area contributed by atoms with Crippen LogP contribution in [0.5, 0.6) is 5.75 Å². The van der Waals surface area contributed by atoms with E-state index in [9.17, 15) is 10.1 Å². The number of rotatable bonds is 8. The standard InChI is InChI=1S/C21H15Cl2IN2O4/c22-18-6-4-16(9-19(18)23)12-29-21-7-5-14(10-20(21)24)11-25-30-13-15-2-1-3-17(8-15)26(27)28/h1-11H,12-13H2/b25-11-. The number of nitro benzene ring substituents is 1. The molecule has 3 rings (SSSR count). The Kier molecular flexibility index (Phi) is 7.89. The van der Waals surface area contributed by atoms with Gasteiger partial charge < -0.3 is 9.57 Å². The molecule has 0 spiro atoms. The van der Waals surface area contributed by atoms with Crippen LogP contribution in [0.25, 0.3) is 0 Å². The Morgan fingerprint density at radius 3 is 2.53 bits per heavy atom. The number of halogens is 3. The molecule has 0 amide bonds. The Balaban J connectivity index is 1.55. The Morgan fingerprint density at radius 2 is 1.80 bits per heavy atom. The van der Waals surface area contributed by atoms with Crippen LogP contribution in [0.15, 0.2) is 65.8 Å². The Bertz CT molecular complexity index is 1090. The van der Waals surface area contributed by atoms with E-state index in [0.717, 1.165) is 20.4 Å². The van der Waals surface area contributed by atoms with E-state index in [1.165, 1.54) is 12.1 Å². The van der Waals surface area contributed by atoms with E-state index < -0.39 is 4.92 Å². The van der Waals surface area contributed by atoms with Gasteiger partial charge in [0.2, 0.25) is 0 Å². The largest absolute Gasteiger partial charge is 0.488 e. The molecule has 0 saturated heterocycles. The maximum absolute atomic E-state index is 10.8. The molecular weight excluding hydrogens is 542 g/mol. The fourth-order valence-electron chi connectivity index (χ4n) is 2.47. The average molecular weight is 557 g/mol. The van der Waals surface area contributed by atoms with Crippen molar-refractivity contribution in [2.45, 2.75) is 13.2 Å². The lowest BCUT2D eigenvalue weighted by Gasteiger charge is -2.09. The molecule has 0 aliphatic rings. The quantitative estimate of drug-likeness (QED) is 0.135. The molecule has 0 aliphatic carbocycles. The van der Waals surface area contributed by atoms with Crippen LogP contribution in [0.3, 0.4) is 0 Å². The highest BCUT2D eigenvalue weighted by Crippen LogP contribution is 2.25. The minimum absolute atomic E-state index is 0.0195. The van der Waals surface area contributed by atoms with Crippen molar-refractivity contribution in [2.24, 2.45) is 5.16 Å². The summed E-state index contributed by atoms with van der Waals surface area (Å²) in [7, 11) is 0. The predicted molar refractivity (Wildman–Crippen MR) is 125 cm³/mol. The molecule has 0 atom stereocenters. The number of oxime groups is 1. The smallest absolute Gasteiger partial charge is 0.269 e. The summed E-state index contributed by atoms with van der Waals surface area (Å²) in [6, 6.07) is 17.2. The maximum Gasteiger partial charge on any atom is 0.269 e. The zero-order valence-electron chi connectivity index (χ0n) is 15.4. The minimum Gasteiger partial charge on any atom is -0.488 e. The molecule has 9 heteroatoms. The van der Waals surface area contributed by atoms with Crippen molar-refractivity contribution in [2.75, 3.05) is 0 Å². The van der Waals surface area contributed by atoms with Gasteiger partial charge >= 0.3 is 0 Å². The molecule has 154 valence electrons. The first-order valence-corrected chi connectivity index (χ1v) is 10.5. The highest BCUT2D eigenvalue weighted by Gasteiger charge is 2.06. The van der Waals surface area contributed by atoms with Crippen molar-refractivity contribution in [3.05, 3.63) is 101 Å². The maximum atomic E-state index is 10.8. The van der Waals surface area contributed by atoms with Crippen LogP contribution in [0.2, 0.25) is 10.0 Å². The van der Waals surface area contributed by atoms with Crippen LogP contribution in [-0.2, 0) is 18.1 Å². The van der Waals surface area contributed by atoms with Crippen LogP contribution in [0.4, 0.5) is 5.69 Å². The lowest BCUT2D eigenvalue weighted by molar-refractivity contribution is -0.384. The number of nitro groups is 1. The molecule has 0 N–H and O–H groups in total. The van der Waals surface area contributed by atoms with Crippen molar-refractivity contribution < 1.29 is 14.5 Å². The summed E-state index contributed by atoms with van der Waals surface area (Å²) in [6.45, 7) is 0.507. The van der Waals surface area contributed by atoms with Gasteiger partial charge in [0, 0.05) is 12.1 Å². The minimum atomic E-state index is -0.445. The second-order valence-electron chi connectivity index (χ2n) is 6.16. The van der Waals surface area contributed by atoms with Crippen LogP contribution in [0, 0.1) is 13.7 Å². The molecule has 0 unspecified atom stereocenters. The summed E-state index contributed by atoms with van der Waals surface area (Å²) in [6.07, 6.45) is 1.57. The highest BCUT2D eigenvalue weighted by atomic mass is 127. The Morgan fingerprint density at radius 1 is 1.00 bits per heavy atom. The molecule has 30 heavy (non-hydrogen) atoms. The molecule has 0 heterocycles. The third kappa shape index (κ3) is 6.32. The Hall–Kier alpha value is -2.36. The average Bonchev–Trinajstić information content (AvgIpc) is 2.73. The number of benzene rings is 3. The second kappa shape index (κ2) is 10.6. The van der Waals surface area contributed by atoms with Crippen molar-refractivity contribution in [3.8, 4) is 5.75 Å². The number of ether oxygens (including phenoxy) is 1. The molecule has 0 aliphatic heterocycles. The van der Waals surface area contributed by atoms with Crippen LogP contribution < -0.4 is 4.74 Å². The van der Waals surface area contributed by atoms with Crippen molar-refractivity contribution in [3.63, 3.8) is 0 Å². The van der Waals surface area contributed by atoms with Gasteiger partial charge in [0.25, 0.3) is 5.69 Å². The molecule has 0 fully saturated rings. The third-order valence-electron chi connectivity index (χ3n) is 3.96. The van der Waals surface area contributed by atoms with E-state index in [1.54, 1.807) is 30.5 Å². The van der Waals surface area contributed by atoms with E-state index >= 15 is 0 Å². The van der Waals surface area contributed by atoms with E-state index in [4.69, 9.17) is 32.8 Å². The van der Waals surface area contributed by atoms with E-state index in [0.29, 0.717) is 22.2 Å². The topological polar surface area (TPSA) is 74.0 Å². The Labute approximate surface area is 196 Å². The van der Waals surface area contributed by atoms with Crippen molar-refractivity contribution >= 4 is 57.7 Å². The van der Waals surface area contributed by atoms with E-state index in [1.807, 2.05) is 24.3 Å². The van der Waals surface area contributed by atoms with Gasteiger partial charge in [0.05, 0.1) is 24.8 Å². The first kappa shape index (κ1) is 22.3. The van der Waals surface area contributed by atoms with E-state index in [2.05, 4.69) is 27.7 Å². The summed E-state index contributed by atoms with van der Waals surface area (Å²) in [5, 5.41) is 15.7. The summed E-state index contributed by atoms with van der Waals surface area (Å²) in [5.74, 6) is 0.733. The molecule has 0 aromatic heterocycles. The number of hydrogen-bond acceptors (Lipinski definition) is 5. The summed E-state index contributed by atoms with van der Waals surface area (Å²) in [5.41, 5.74) is 2.44. The first-order chi connectivity index (χ1) is 14.4. The van der Waals surface area contributed by atoms with E-state index in [-0.39, 0.29) is 12.3 Å². The fraction of sp³-hybridized carbons (Fsp3) is 0.0952. The number of nitrogens with zero attached hydrogens (tertiary/aromatic N) is 2.